The third-order valence-corrected chi connectivity index (χ3v) is 4.55. The van der Waals surface area contributed by atoms with E-state index < -0.39 is 10.0 Å². The predicted molar refractivity (Wildman–Crippen MR) is 84.1 cm³/mol. The molecule has 0 aliphatic heterocycles. The van der Waals surface area contributed by atoms with Crippen LogP contribution in [-0.2, 0) is 15.4 Å². The van der Waals surface area contributed by atoms with Gasteiger partial charge in [0.05, 0.1) is 4.90 Å². The molecule has 0 saturated carbocycles. The van der Waals surface area contributed by atoms with E-state index in [2.05, 4.69) is 25.5 Å². The molecular weight excluding hydrogens is 286 g/mol. The van der Waals surface area contributed by atoms with Gasteiger partial charge in [-0.15, -0.1) is 0 Å². The topological polar surface area (TPSA) is 66.4 Å². The Morgan fingerprint density at radius 2 is 1.43 bits per heavy atom. The SMILES string of the molecule is CC(C)(C)c1ccc(NS(=O)(=O)c2ccc(O)cc2)cc1. The number of sulfonamides is 1. The van der Waals surface area contributed by atoms with Gasteiger partial charge in [0.2, 0.25) is 0 Å². The van der Waals surface area contributed by atoms with Crippen LogP contribution < -0.4 is 4.72 Å². The summed E-state index contributed by atoms with van der Waals surface area (Å²) in [5, 5.41) is 9.20. The maximum atomic E-state index is 12.2. The lowest BCUT2D eigenvalue weighted by Crippen LogP contribution is -2.14. The van der Waals surface area contributed by atoms with Crippen molar-refractivity contribution < 1.29 is 13.5 Å². The van der Waals surface area contributed by atoms with Crippen LogP contribution in [0.2, 0.25) is 0 Å². The van der Waals surface area contributed by atoms with Gasteiger partial charge in [-0.25, -0.2) is 8.42 Å². The minimum atomic E-state index is -3.64. The second kappa shape index (κ2) is 5.41. The zero-order valence-electron chi connectivity index (χ0n) is 12.3. The molecule has 0 amide bonds. The number of aromatic hydroxyl groups is 1. The first-order valence-corrected chi connectivity index (χ1v) is 8.09. The molecule has 0 saturated heterocycles. The van der Waals surface area contributed by atoms with Crippen molar-refractivity contribution in [1.82, 2.24) is 0 Å². The van der Waals surface area contributed by atoms with Crippen molar-refractivity contribution in [1.29, 1.82) is 0 Å². The molecule has 4 nitrogen and oxygen atoms in total. The molecule has 0 atom stereocenters. The highest BCUT2D eigenvalue weighted by molar-refractivity contribution is 7.92. The van der Waals surface area contributed by atoms with E-state index >= 15 is 0 Å². The van der Waals surface area contributed by atoms with Crippen LogP contribution in [0.1, 0.15) is 26.3 Å². The van der Waals surface area contributed by atoms with Gasteiger partial charge in [-0.05, 0) is 47.4 Å². The molecule has 2 aromatic rings. The Morgan fingerprint density at radius 3 is 1.90 bits per heavy atom. The molecule has 0 aliphatic carbocycles. The van der Waals surface area contributed by atoms with Crippen molar-refractivity contribution in [2.45, 2.75) is 31.1 Å². The summed E-state index contributed by atoms with van der Waals surface area (Å²) in [6.07, 6.45) is 0. The van der Waals surface area contributed by atoms with E-state index in [1.54, 1.807) is 12.1 Å². The number of anilines is 1. The van der Waals surface area contributed by atoms with E-state index in [-0.39, 0.29) is 16.1 Å². The summed E-state index contributed by atoms with van der Waals surface area (Å²) in [5.74, 6) is 0.0310. The molecule has 0 spiro atoms. The van der Waals surface area contributed by atoms with Gasteiger partial charge in [-0.3, -0.25) is 4.72 Å². The van der Waals surface area contributed by atoms with Crippen LogP contribution in [-0.4, -0.2) is 13.5 Å². The number of benzene rings is 2. The Morgan fingerprint density at radius 1 is 0.905 bits per heavy atom. The molecule has 0 unspecified atom stereocenters. The molecule has 112 valence electrons. The molecule has 5 heteroatoms. The Hall–Kier alpha value is -2.01. The molecule has 0 aliphatic rings. The van der Waals surface area contributed by atoms with Crippen molar-refractivity contribution >= 4 is 15.7 Å². The average molecular weight is 305 g/mol. The Bertz CT molecular complexity index is 712. The zero-order valence-corrected chi connectivity index (χ0v) is 13.1. The number of phenols is 1. The van der Waals surface area contributed by atoms with E-state index in [9.17, 15) is 13.5 Å². The minimum absolute atomic E-state index is 0.0222. The van der Waals surface area contributed by atoms with E-state index in [0.29, 0.717) is 5.69 Å². The highest BCUT2D eigenvalue weighted by Crippen LogP contribution is 2.24. The van der Waals surface area contributed by atoms with Crippen LogP contribution in [0.15, 0.2) is 53.4 Å². The monoisotopic (exact) mass is 305 g/mol. The lowest BCUT2D eigenvalue weighted by atomic mass is 9.87. The second-order valence-electron chi connectivity index (χ2n) is 5.93. The Balaban J connectivity index is 2.23. The number of hydrogen-bond donors (Lipinski definition) is 2. The number of rotatable bonds is 3. The summed E-state index contributed by atoms with van der Waals surface area (Å²) in [6, 6.07) is 12.7. The van der Waals surface area contributed by atoms with Crippen molar-refractivity contribution in [2.24, 2.45) is 0 Å². The highest BCUT2D eigenvalue weighted by Gasteiger charge is 2.16. The minimum Gasteiger partial charge on any atom is -0.508 e. The number of nitrogens with one attached hydrogen (secondary N) is 1. The van der Waals surface area contributed by atoms with Gasteiger partial charge in [0.15, 0.2) is 0 Å². The molecule has 2 N–H and O–H groups in total. The molecule has 0 radical (unpaired) electrons. The van der Waals surface area contributed by atoms with Gasteiger partial charge < -0.3 is 5.11 Å². The van der Waals surface area contributed by atoms with Crippen LogP contribution in [0.4, 0.5) is 5.69 Å². The summed E-state index contributed by atoms with van der Waals surface area (Å²) in [6.45, 7) is 6.30. The maximum absolute atomic E-state index is 12.2. The van der Waals surface area contributed by atoms with Gasteiger partial charge in [0.1, 0.15) is 5.75 Å². The fraction of sp³-hybridized carbons (Fsp3) is 0.250. The van der Waals surface area contributed by atoms with Crippen LogP contribution in [0.5, 0.6) is 5.75 Å². The highest BCUT2D eigenvalue weighted by atomic mass is 32.2. The molecule has 0 bridgehead atoms. The summed E-state index contributed by atoms with van der Waals surface area (Å²) in [4.78, 5) is 0.111. The molecule has 0 fully saturated rings. The van der Waals surface area contributed by atoms with Crippen molar-refractivity contribution in [3.8, 4) is 5.75 Å². The predicted octanol–water partition coefficient (Wildman–Crippen LogP) is 3.49. The van der Waals surface area contributed by atoms with Crippen LogP contribution >= 0.6 is 0 Å². The quantitative estimate of drug-likeness (QED) is 0.912. The van der Waals surface area contributed by atoms with Crippen molar-refractivity contribution in [3.63, 3.8) is 0 Å². The lowest BCUT2D eigenvalue weighted by Gasteiger charge is -2.19. The first-order valence-electron chi connectivity index (χ1n) is 6.61. The molecular formula is C16H19NO3S. The molecule has 21 heavy (non-hydrogen) atoms. The van der Waals surface area contributed by atoms with Gasteiger partial charge in [0.25, 0.3) is 10.0 Å². The largest absolute Gasteiger partial charge is 0.508 e. The summed E-state index contributed by atoms with van der Waals surface area (Å²) >= 11 is 0. The summed E-state index contributed by atoms with van der Waals surface area (Å²) in [7, 11) is -3.64. The van der Waals surface area contributed by atoms with E-state index in [0.717, 1.165) is 5.56 Å². The molecule has 0 aromatic heterocycles. The fourth-order valence-corrected chi connectivity index (χ4v) is 2.94. The number of hydrogen-bond acceptors (Lipinski definition) is 3. The zero-order chi connectivity index (χ0) is 15.7. The number of phenolic OH excluding ortho intramolecular Hbond substituents is 1. The summed E-state index contributed by atoms with van der Waals surface area (Å²) < 4.78 is 26.9. The summed E-state index contributed by atoms with van der Waals surface area (Å²) in [5.41, 5.74) is 1.67. The van der Waals surface area contributed by atoms with E-state index in [1.165, 1.54) is 24.3 Å². The van der Waals surface area contributed by atoms with Gasteiger partial charge in [-0.2, -0.15) is 0 Å². The standard InChI is InChI=1S/C16H19NO3S/c1-16(2,3)12-4-6-13(7-5-12)17-21(19,20)15-10-8-14(18)9-11-15/h4-11,17-18H,1-3H3. The van der Waals surface area contributed by atoms with Gasteiger partial charge >= 0.3 is 0 Å². The third kappa shape index (κ3) is 3.76. The molecule has 0 heterocycles. The normalized spacial score (nSPS) is 12.1. The van der Waals surface area contributed by atoms with Gasteiger partial charge in [-0.1, -0.05) is 32.9 Å². The average Bonchev–Trinajstić information content (AvgIpc) is 2.38. The Labute approximate surface area is 125 Å². The van der Waals surface area contributed by atoms with E-state index in [1.807, 2.05) is 12.1 Å². The van der Waals surface area contributed by atoms with Crippen LogP contribution in [0, 0.1) is 0 Å². The Kier molecular flexibility index (Phi) is 3.96. The van der Waals surface area contributed by atoms with E-state index in [4.69, 9.17) is 0 Å². The fourth-order valence-electron chi connectivity index (χ4n) is 1.88. The third-order valence-electron chi connectivity index (χ3n) is 3.15. The first-order chi connectivity index (χ1) is 9.68. The lowest BCUT2D eigenvalue weighted by molar-refractivity contribution is 0.475. The molecule has 2 aromatic carbocycles. The van der Waals surface area contributed by atoms with Crippen molar-refractivity contribution in [2.75, 3.05) is 4.72 Å². The maximum Gasteiger partial charge on any atom is 0.261 e. The van der Waals surface area contributed by atoms with Crippen LogP contribution in [0.3, 0.4) is 0 Å². The smallest absolute Gasteiger partial charge is 0.261 e. The van der Waals surface area contributed by atoms with Crippen molar-refractivity contribution in [3.05, 3.63) is 54.1 Å². The first kappa shape index (κ1) is 15.4. The van der Waals surface area contributed by atoms with Crippen LogP contribution in [0.25, 0.3) is 0 Å². The molecule has 2 rings (SSSR count). The second-order valence-corrected chi connectivity index (χ2v) is 7.61. The van der Waals surface area contributed by atoms with Gasteiger partial charge in [0, 0.05) is 5.69 Å².